The van der Waals surface area contributed by atoms with Crippen molar-refractivity contribution in [1.82, 2.24) is 4.98 Å². The lowest BCUT2D eigenvalue weighted by Crippen LogP contribution is -3.00. The van der Waals surface area contributed by atoms with Crippen LogP contribution < -0.4 is 21.0 Å². The summed E-state index contributed by atoms with van der Waals surface area (Å²) in [5.41, 5.74) is 0.716. The van der Waals surface area contributed by atoms with Crippen LogP contribution in [0.15, 0.2) is 6.20 Å². The molecule has 0 bridgehead atoms. The van der Waals surface area contributed by atoms with E-state index < -0.39 is 10.3 Å². The van der Waals surface area contributed by atoms with Crippen molar-refractivity contribution in [1.29, 1.82) is 0 Å². The molecule has 1 rings (SSSR count). The Balaban J connectivity index is 0.00000196. The fourth-order valence-corrected chi connectivity index (χ4v) is 2.00. The maximum absolute atomic E-state index is 10.9. The standard InChI is InChI=1S/C8H14N2O3S.BrH/c1-3-4-5-8-9-7(2)6-10(8)14(11,12)13;/h6H,3-5H2,1-2H3,(H,11,12,13);1H. The third-order valence-corrected chi connectivity index (χ3v) is 2.76. The zero-order valence-corrected chi connectivity index (χ0v) is 11.1. The van der Waals surface area contributed by atoms with Gasteiger partial charge in [0, 0.05) is 6.92 Å². The predicted octanol–water partition coefficient (Wildman–Crippen LogP) is -2.39. The van der Waals surface area contributed by atoms with Crippen molar-refractivity contribution in [3.63, 3.8) is 0 Å². The van der Waals surface area contributed by atoms with Crippen molar-refractivity contribution in [2.45, 2.75) is 33.1 Å². The minimum Gasteiger partial charge on any atom is -1.00 e. The molecule has 0 amide bonds. The first-order valence-electron chi connectivity index (χ1n) is 4.53. The SMILES string of the molecule is CCCCc1[nH]c(C)c[n+]1S(=O)(=O)O.[Br-]. The number of unbranched alkanes of at least 4 members (excludes halogenated alkanes) is 1. The second-order valence-corrected chi connectivity index (χ2v) is 4.55. The van der Waals surface area contributed by atoms with Gasteiger partial charge in [0.25, 0.3) is 5.82 Å². The summed E-state index contributed by atoms with van der Waals surface area (Å²) in [4.78, 5) is 2.91. The average Bonchev–Trinajstić information content (AvgIpc) is 2.42. The van der Waals surface area contributed by atoms with E-state index in [2.05, 4.69) is 4.98 Å². The predicted molar refractivity (Wildman–Crippen MR) is 51.3 cm³/mol. The molecule has 0 radical (unpaired) electrons. The molecule has 1 heterocycles. The van der Waals surface area contributed by atoms with Gasteiger partial charge in [-0.05, 0) is 6.42 Å². The summed E-state index contributed by atoms with van der Waals surface area (Å²) in [7, 11) is -4.16. The van der Waals surface area contributed by atoms with Crippen LogP contribution in [0.25, 0.3) is 0 Å². The number of nitrogens with zero attached hydrogens (tertiary/aromatic N) is 1. The van der Waals surface area contributed by atoms with Crippen LogP contribution in [-0.2, 0) is 16.7 Å². The van der Waals surface area contributed by atoms with Gasteiger partial charge < -0.3 is 17.0 Å². The highest BCUT2D eigenvalue weighted by atomic mass is 79.9. The van der Waals surface area contributed by atoms with Crippen molar-refractivity contribution in [2.24, 2.45) is 0 Å². The summed E-state index contributed by atoms with van der Waals surface area (Å²) in [6, 6.07) is 0. The van der Waals surface area contributed by atoms with Gasteiger partial charge in [-0.1, -0.05) is 17.3 Å². The fourth-order valence-electron chi connectivity index (χ4n) is 1.29. The number of rotatable bonds is 4. The minimum atomic E-state index is -4.16. The Morgan fingerprint density at radius 2 is 2.13 bits per heavy atom. The van der Waals surface area contributed by atoms with Crippen molar-refractivity contribution in [3.05, 3.63) is 17.7 Å². The Morgan fingerprint density at radius 3 is 2.60 bits per heavy atom. The number of imidazole rings is 1. The van der Waals surface area contributed by atoms with Crippen LogP contribution in [0.4, 0.5) is 0 Å². The second kappa shape index (κ2) is 5.62. The van der Waals surface area contributed by atoms with Gasteiger partial charge in [0.15, 0.2) is 6.20 Å². The fraction of sp³-hybridized carbons (Fsp3) is 0.625. The number of halogens is 1. The lowest BCUT2D eigenvalue weighted by atomic mass is 10.2. The third-order valence-electron chi connectivity index (χ3n) is 1.93. The van der Waals surface area contributed by atoms with Crippen molar-refractivity contribution < 1.29 is 33.9 Å². The van der Waals surface area contributed by atoms with E-state index in [4.69, 9.17) is 4.55 Å². The molecule has 0 spiro atoms. The monoisotopic (exact) mass is 298 g/mol. The van der Waals surface area contributed by atoms with E-state index in [0.717, 1.165) is 16.8 Å². The van der Waals surface area contributed by atoms with Gasteiger partial charge in [0.1, 0.15) is 5.69 Å². The average molecular weight is 299 g/mol. The Morgan fingerprint density at radius 1 is 1.53 bits per heavy atom. The third kappa shape index (κ3) is 3.92. The van der Waals surface area contributed by atoms with Crippen LogP contribution in [0.1, 0.15) is 31.3 Å². The van der Waals surface area contributed by atoms with E-state index in [1.54, 1.807) is 6.92 Å². The first-order valence-corrected chi connectivity index (χ1v) is 5.93. The number of aromatic amines is 1. The summed E-state index contributed by atoms with van der Waals surface area (Å²) < 4.78 is 31.6. The summed E-state index contributed by atoms with van der Waals surface area (Å²) in [5, 5.41) is 0. The van der Waals surface area contributed by atoms with Crippen LogP contribution in [0, 0.1) is 6.92 Å². The summed E-state index contributed by atoms with van der Waals surface area (Å²) >= 11 is 0. The summed E-state index contributed by atoms with van der Waals surface area (Å²) in [5.74, 6) is 0.520. The lowest BCUT2D eigenvalue weighted by molar-refractivity contribution is -0.527. The van der Waals surface area contributed by atoms with E-state index in [-0.39, 0.29) is 17.0 Å². The molecular weight excluding hydrogens is 284 g/mol. The second-order valence-electron chi connectivity index (χ2n) is 3.26. The molecule has 0 aromatic carbocycles. The number of aryl methyl sites for hydroxylation is 2. The molecule has 1 aromatic heterocycles. The van der Waals surface area contributed by atoms with Crippen molar-refractivity contribution in [3.8, 4) is 0 Å². The first kappa shape index (κ1) is 14.6. The Kier molecular flexibility index (Phi) is 5.47. The van der Waals surface area contributed by atoms with Gasteiger partial charge in [0.2, 0.25) is 0 Å². The molecule has 2 N–H and O–H groups in total. The molecule has 0 unspecified atom stereocenters. The maximum atomic E-state index is 10.9. The molecule has 7 heteroatoms. The normalized spacial score (nSPS) is 11.1. The molecular formula is C8H15BrN2O3S. The molecule has 0 saturated heterocycles. The Bertz CT molecular complexity index is 414. The number of hydrogen-bond acceptors (Lipinski definition) is 2. The zero-order valence-electron chi connectivity index (χ0n) is 8.70. The van der Waals surface area contributed by atoms with E-state index in [9.17, 15) is 8.42 Å². The summed E-state index contributed by atoms with van der Waals surface area (Å²) in [6.07, 6.45) is 3.85. The molecule has 0 atom stereocenters. The molecule has 0 aliphatic carbocycles. The van der Waals surface area contributed by atoms with E-state index in [1.165, 1.54) is 6.20 Å². The van der Waals surface area contributed by atoms with Crippen LogP contribution in [0.3, 0.4) is 0 Å². The summed E-state index contributed by atoms with van der Waals surface area (Å²) in [6.45, 7) is 3.77. The van der Waals surface area contributed by atoms with Gasteiger partial charge in [-0.25, -0.2) is 4.98 Å². The highest BCUT2D eigenvalue weighted by Crippen LogP contribution is 2.00. The molecule has 15 heavy (non-hydrogen) atoms. The lowest BCUT2D eigenvalue weighted by Gasteiger charge is -1.94. The van der Waals surface area contributed by atoms with Crippen LogP contribution in [-0.4, -0.2) is 18.0 Å². The van der Waals surface area contributed by atoms with Crippen molar-refractivity contribution >= 4 is 10.3 Å². The highest BCUT2D eigenvalue weighted by Gasteiger charge is 2.22. The largest absolute Gasteiger partial charge is 1.00 e. The molecule has 0 saturated carbocycles. The molecule has 1 aromatic rings. The van der Waals surface area contributed by atoms with Gasteiger partial charge in [0.05, 0.1) is 6.42 Å². The van der Waals surface area contributed by atoms with E-state index in [0.29, 0.717) is 17.9 Å². The minimum absolute atomic E-state index is 0. The maximum Gasteiger partial charge on any atom is 0.439 e. The Labute approximate surface area is 100 Å². The smallest absolute Gasteiger partial charge is 0.439 e. The van der Waals surface area contributed by atoms with Crippen LogP contribution in [0.2, 0.25) is 0 Å². The van der Waals surface area contributed by atoms with Gasteiger partial charge in [-0.2, -0.15) is 8.42 Å². The zero-order chi connectivity index (χ0) is 10.8. The Hall–Kier alpha value is -0.400. The van der Waals surface area contributed by atoms with Crippen LogP contribution in [0.5, 0.6) is 0 Å². The van der Waals surface area contributed by atoms with Crippen LogP contribution >= 0.6 is 0 Å². The number of nitrogens with one attached hydrogen (secondary N) is 1. The van der Waals surface area contributed by atoms with Crippen molar-refractivity contribution in [2.75, 3.05) is 0 Å². The quantitative estimate of drug-likeness (QED) is 0.481. The first-order chi connectivity index (χ1) is 6.45. The van der Waals surface area contributed by atoms with Gasteiger partial charge >= 0.3 is 10.3 Å². The molecule has 0 aliphatic rings. The molecule has 0 aliphatic heterocycles. The topological polar surface area (TPSA) is 74.0 Å². The highest BCUT2D eigenvalue weighted by molar-refractivity contribution is 7.79. The van der Waals surface area contributed by atoms with Gasteiger partial charge in [-0.3, -0.25) is 4.55 Å². The van der Waals surface area contributed by atoms with E-state index >= 15 is 0 Å². The molecule has 88 valence electrons. The van der Waals surface area contributed by atoms with Gasteiger partial charge in [-0.15, -0.1) is 0 Å². The molecule has 0 fully saturated rings. The molecule has 5 nitrogen and oxygen atoms in total. The number of H-pyrrole nitrogens is 1. The number of aromatic nitrogens is 2. The van der Waals surface area contributed by atoms with E-state index in [1.807, 2.05) is 6.92 Å². The number of hydrogen-bond donors (Lipinski definition) is 2.